The summed E-state index contributed by atoms with van der Waals surface area (Å²) >= 11 is 1.23. The second-order valence-electron chi connectivity index (χ2n) is 15.6. The van der Waals surface area contributed by atoms with Gasteiger partial charge in [-0.3, -0.25) is 19.3 Å². The van der Waals surface area contributed by atoms with Crippen LogP contribution >= 0.6 is 11.3 Å². The molecule has 65 heavy (non-hydrogen) atoms. The van der Waals surface area contributed by atoms with Crippen LogP contribution in [0.2, 0.25) is 0 Å². The number of carbonyl (C=O) groups excluding carboxylic acids is 4. The van der Waals surface area contributed by atoms with E-state index in [1.807, 2.05) is 89.8 Å². The van der Waals surface area contributed by atoms with Gasteiger partial charge >= 0.3 is 12.1 Å². The maximum atomic E-state index is 16.3. The first-order valence-electron chi connectivity index (χ1n) is 21.1. The molecule has 0 saturated carbocycles. The summed E-state index contributed by atoms with van der Waals surface area (Å²) in [4.78, 5) is 69.4. The molecule has 1 aromatic heterocycles. The predicted octanol–water partition coefficient (Wildman–Crippen LogP) is 6.49. The molecule has 330 valence electrons. The molecule has 5 aromatic carbocycles. The number of amides is 3. The number of aliphatic hydroxyl groups is 2. The Morgan fingerprint density at radius 3 is 2.31 bits per heavy atom. The normalized spacial score (nSPS) is 22.2. The van der Waals surface area contributed by atoms with E-state index >= 15 is 14.4 Å². The van der Waals surface area contributed by atoms with E-state index in [1.165, 1.54) is 18.4 Å². The van der Waals surface area contributed by atoms with E-state index in [0.29, 0.717) is 28.0 Å². The Balaban J connectivity index is 1.36. The highest BCUT2D eigenvalue weighted by atomic mass is 32.1. The summed E-state index contributed by atoms with van der Waals surface area (Å²) in [5.74, 6) is 2.47. The molecule has 6 atom stereocenters. The molecule has 0 bridgehead atoms. The summed E-state index contributed by atoms with van der Waals surface area (Å²) in [7, 11) is 1.45. The third kappa shape index (κ3) is 7.79. The molecular formula is C50H44N4O10S. The van der Waals surface area contributed by atoms with E-state index in [0.717, 1.165) is 15.2 Å². The average Bonchev–Trinajstić information content (AvgIpc) is 3.97. The lowest BCUT2D eigenvalue weighted by Gasteiger charge is -2.46. The summed E-state index contributed by atoms with van der Waals surface area (Å²) in [6, 6.07) is 34.5. The Morgan fingerprint density at radius 2 is 1.57 bits per heavy atom. The molecule has 3 aliphatic heterocycles. The van der Waals surface area contributed by atoms with Crippen molar-refractivity contribution in [2.24, 2.45) is 5.92 Å². The van der Waals surface area contributed by atoms with Gasteiger partial charge in [0.1, 0.15) is 36.5 Å². The lowest BCUT2D eigenvalue weighted by atomic mass is 9.65. The van der Waals surface area contributed by atoms with Crippen LogP contribution in [-0.4, -0.2) is 90.2 Å². The van der Waals surface area contributed by atoms with E-state index in [-0.39, 0.29) is 55.8 Å². The van der Waals surface area contributed by atoms with Crippen molar-refractivity contribution in [2.75, 3.05) is 50.4 Å². The van der Waals surface area contributed by atoms with Gasteiger partial charge in [0.15, 0.2) is 5.13 Å². The summed E-state index contributed by atoms with van der Waals surface area (Å²) in [6.45, 7) is -0.631. The maximum Gasteiger partial charge on any atom is 0.421 e. The fraction of sp³-hybridized carbons (Fsp3) is 0.260. The number of ether oxygens (including phenoxy) is 4. The standard InChI is InChI=1S/C50H44N4O10S/c1-61-27-28-63-49(60)53-38-23-22-31(13-10-11-24-55)29-36(38)50(47(53)59)40(45(57)52-48-51-37-20-8-9-21-39(37)65-48)42-46(58)64-43(33-16-6-3-7-17-33)41(32-14-4-2-5-15-32)54(42)44(50)34-18-12-19-35(30-34)62-26-25-56/h2-9,12,14-23,29-30,40-44,55-56H,11,24-28H2,1H3,(H,51,52,57)/t40-,41-,42-,43+,44+,50-/m1/s1. The molecule has 15 heteroatoms. The lowest BCUT2D eigenvalue weighted by Crippen LogP contribution is -2.54. The molecule has 1 spiro atoms. The van der Waals surface area contributed by atoms with Crippen LogP contribution in [0.3, 0.4) is 0 Å². The number of morpholine rings is 1. The number of nitrogens with zero attached hydrogens (tertiary/aromatic N) is 3. The minimum atomic E-state index is -2.09. The number of esters is 1. The molecule has 3 amide bonds. The Kier molecular flexibility index (Phi) is 12.4. The van der Waals surface area contributed by atoms with Gasteiger partial charge in [-0.25, -0.2) is 14.7 Å². The zero-order chi connectivity index (χ0) is 45.1. The zero-order valence-corrected chi connectivity index (χ0v) is 36.0. The van der Waals surface area contributed by atoms with Crippen molar-refractivity contribution in [3.63, 3.8) is 0 Å². The molecule has 3 N–H and O–H groups in total. The number of rotatable bonds is 12. The number of benzene rings is 5. The fourth-order valence-electron chi connectivity index (χ4n) is 9.51. The highest BCUT2D eigenvalue weighted by Crippen LogP contribution is 2.66. The summed E-state index contributed by atoms with van der Waals surface area (Å²) in [6.07, 6.45) is -1.79. The van der Waals surface area contributed by atoms with Gasteiger partial charge in [0.05, 0.1) is 53.7 Å². The van der Waals surface area contributed by atoms with E-state index in [9.17, 15) is 15.0 Å². The fourth-order valence-corrected chi connectivity index (χ4v) is 10.4. The molecule has 9 rings (SSSR count). The predicted molar refractivity (Wildman–Crippen MR) is 241 cm³/mol. The summed E-state index contributed by atoms with van der Waals surface area (Å²) in [5.41, 5.74) is 1.20. The van der Waals surface area contributed by atoms with Crippen molar-refractivity contribution in [3.05, 3.63) is 155 Å². The molecule has 4 heterocycles. The molecule has 2 fully saturated rings. The van der Waals surface area contributed by atoms with Crippen LogP contribution in [0.15, 0.2) is 127 Å². The van der Waals surface area contributed by atoms with Gasteiger partial charge in [-0.1, -0.05) is 108 Å². The number of cyclic esters (lactones) is 1. The number of para-hydroxylation sites is 1. The van der Waals surface area contributed by atoms with Crippen molar-refractivity contribution in [2.45, 2.75) is 36.1 Å². The third-order valence-electron chi connectivity index (χ3n) is 12.0. The van der Waals surface area contributed by atoms with Gasteiger partial charge in [0.2, 0.25) is 11.8 Å². The number of carbonyl (C=O) groups is 4. The first-order chi connectivity index (χ1) is 31.8. The number of hydrogen-bond acceptors (Lipinski definition) is 13. The van der Waals surface area contributed by atoms with Gasteiger partial charge < -0.3 is 34.5 Å². The van der Waals surface area contributed by atoms with Crippen LogP contribution in [0.1, 0.15) is 52.4 Å². The molecule has 0 radical (unpaired) electrons. The Morgan fingerprint density at radius 1 is 0.831 bits per heavy atom. The van der Waals surface area contributed by atoms with Crippen molar-refractivity contribution >= 4 is 56.2 Å². The summed E-state index contributed by atoms with van der Waals surface area (Å²) < 4.78 is 24.1. The van der Waals surface area contributed by atoms with E-state index in [4.69, 9.17) is 23.9 Å². The molecule has 6 aromatic rings. The quantitative estimate of drug-likeness (QED) is 0.0693. The van der Waals surface area contributed by atoms with Gasteiger partial charge in [-0.2, -0.15) is 0 Å². The molecule has 14 nitrogen and oxygen atoms in total. The van der Waals surface area contributed by atoms with Crippen LogP contribution < -0.4 is 15.0 Å². The first-order valence-corrected chi connectivity index (χ1v) is 21.9. The maximum absolute atomic E-state index is 16.3. The second kappa shape index (κ2) is 18.7. The molecule has 0 aliphatic carbocycles. The van der Waals surface area contributed by atoms with E-state index < -0.39 is 59.4 Å². The Hall–Kier alpha value is -6.93. The summed E-state index contributed by atoms with van der Waals surface area (Å²) in [5, 5.41) is 22.6. The molecule has 2 saturated heterocycles. The number of aliphatic hydroxyl groups excluding tert-OH is 2. The number of thiazole rings is 1. The van der Waals surface area contributed by atoms with Crippen LogP contribution in [0.25, 0.3) is 10.2 Å². The van der Waals surface area contributed by atoms with Crippen LogP contribution in [0, 0.1) is 17.8 Å². The lowest BCUT2D eigenvalue weighted by molar-refractivity contribution is -0.177. The largest absolute Gasteiger partial charge is 0.491 e. The first kappa shape index (κ1) is 43.3. The molecular weight excluding hydrogens is 849 g/mol. The minimum absolute atomic E-state index is 0.0351. The van der Waals surface area contributed by atoms with Crippen molar-refractivity contribution < 1.29 is 48.3 Å². The third-order valence-corrected chi connectivity index (χ3v) is 12.9. The topological polar surface area (TPSA) is 177 Å². The average molecular weight is 893 g/mol. The van der Waals surface area contributed by atoms with E-state index in [1.54, 1.807) is 42.5 Å². The monoisotopic (exact) mass is 892 g/mol. The van der Waals surface area contributed by atoms with Crippen molar-refractivity contribution in [1.82, 2.24) is 9.88 Å². The van der Waals surface area contributed by atoms with Crippen LogP contribution in [0.4, 0.5) is 15.6 Å². The minimum Gasteiger partial charge on any atom is -0.491 e. The number of methoxy groups -OCH3 is 1. The van der Waals surface area contributed by atoms with Gasteiger partial charge in [0, 0.05) is 19.1 Å². The number of anilines is 2. The number of aromatic nitrogens is 1. The van der Waals surface area contributed by atoms with Crippen LogP contribution in [0.5, 0.6) is 5.75 Å². The second-order valence-corrected chi connectivity index (χ2v) is 16.7. The Bertz CT molecular complexity index is 2780. The number of hydrogen-bond donors (Lipinski definition) is 3. The van der Waals surface area contributed by atoms with E-state index in [2.05, 4.69) is 17.2 Å². The smallest absolute Gasteiger partial charge is 0.421 e. The van der Waals surface area contributed by atoms with Crippen molar-refractivity contribution in [1.29, 1.82) is 0 Å². The zero-order valence-electron chi connectivity index (χ0n) is 35.2. The highest BCUT2D eigenvalue weighted by Gasteiger charge is 2.76. The molecule has 0 unspecified atom stereocenters. The molecule has 3 aliphatic rings. The number of nitrogens with one attached hydrogen (secondary N) is 1. The SMILES string of the molecule is COCCOC(=O)N1C(=O)[C@@]2(c3cc(C#CCCO)ccc31)[C@H](c1cccc(OCCO)c1)N1[C@H](c3ccccc3)[C@H](c3ccccc3)OC(=O)[C@H]1[C@@H]2C(=O)Nc1nc2ccccc2s1. The van der Waals surface area contributed by atoms with Gasteiger partial charge in [-0.05, 0) is 64.7 Å². The van der Waals surface area contributed by atoms with Gasteiger partial charge in [-0.15, -0.1) is 0 Å². The van der Waals surface area contributed by atoms with Crippen molar-refractivity contribution in [3.8, 4) is 17.6 Å². The Labute approximate surface area is 378 Å². The van der Waals surface area contributed by atoms with Crippen LogP contribution in [-0.2, 0) is 34.0 Å². The van der Waals surface area contributed by atoms with Gasteiger partial charge in [0.25, 0.3) is 0 Å². The number of imide groups is 1. The highest BCUT2D eigenvalue weighted by molar-refractivity contribution is 7.22. The number of fused-ring (bicyclic) bond motifs is 4.